The van der Waals surface area contributed by atoms with Gasteiger partial charge in [0.1, 0.15) is 19.3 Å². The standard InChI is InChI=1S/C70H136O17P2/c1-60(2)46-38-30-22-16-12-9-10-14-18-25-34-42-50-67(72)80-57-66(87-70(75)53-45-37-29-28-33-41-49-63(7)8)59-85-89(78,79)83-55-64(71)54-82-88(76,77)84-58-65(56-81-68(73)51-43-35-26-21-20-24-32-40-48-62(5)6)86-69(74)52-44-36-27-19-15-11-13-17-23-31-39-47-61(3)4/h60-66,71H,9-59H2,1-8H3,(H,76,77)(H,78,79)/t64?,65-,66-/m1/s1. The average Bonchev–Trinajstić information content (AvgIpc) is 3.70. The molecule has 3 unspecified atom stereocenters. The Balaban J connectivity index is 5.22. The van der Waals surface area contributed by atoms with Crippen molar-refractivity contribution in [1.29, 1.82) is 0 Å². The van der Waals surface area contributed by atoms with Crippen LogP contribution in [0.1, 0.15) is 344 Å². The molecule has 0 aliphatic rings. The van der Waals surface area contributed by atoms with Gasteiger partial charge < -0.3 is 33.8 Å². The molecule has 0 heterocycles. The molecule has 528 valence electrons. The van der Waals surface area contributed by atoms with Crippen LogP contribution >= 0.6 is 15.6 Å². The molecule has 0 aromatic heterocycles. The van der Waals surface area contributed by atoms with E-state index in [4.69, 9.17) is 37.0 Å². The van der Waals surface area contributed by atoms with Crippen LogP contribution in [0.3, 0.4) is 0 Å². The van der Waals surface area contributed by atoms with Gasteiger partial charge in [-0.3, -0.25) is 37.3 Å². The molecule has 5 atom stereocenters. The van der Waals surface area contributed by atoms with Crippen molar-refractivity contribution >= 4 is 39.5 Å². The molecule has 89 heavy (non-hydrogen) atoms. The molecule has 3 N–H and O–H groups in total. The quantitative estimate of drug-likeness (QED) is 0.0222. The second-order valence-corrected chi connectivity index (χ2v) is 30.1. The highest BCUT2D eigenvalue weighted by Gasteiger charge is 2.30. The predicted octanol–water partition coefficient (Wildman–Crippen LogP) is 19.7. The van der Waals surface area contributed by atoms with E-state index in [-0.39, 0.29) is 25.7 Å². The lowest BCUT2D eigenvalue weighted by Gasteiger charge is -2.21. The van der Waals surface area contributed by atoms with Crippen molar-refractivity contribution in [3.63, 3.8) is 0 Å². The first-order valence-electron chi connectivity index (χ1n) is 36.2. The Morgan fingerprint density at radius 3 is 0.697 bits per heavy atom. The number of carbonyl (C=O) groups is 4. The van der Waals surface area contributed by atoms with Gasteiger partial charge in [0.25, 0.3) is 0 Å². The van der Waals surface area contributed by atoms with E-state index in [1.54, 1.807) is 0 Å². The number of carbonyl (C=O) groups excluding carboxylic acids is 4. The van der Waals surface area contributed by atoms with Crippen LogP contribution in [0, 0.1) is 23.7 Å². The third-order valence-electron chi connectivity index (χ3n) is 16.1. The Hall–Kier alpha value is -1.94. The van der Waals surface area contributed by atoms with Gasteiger partial charge in [0, 0.05) is 25.7 Å². The second kappa shape index (κ2) is 59.8. The molecule has 0 saturated heterocycles. The number of esters is 4. The fourth-order valence-electron chi connectivity index (χ4n) is 10.5. The van der Waals surface area contributed by atoms with Crippen LogP contribution in [0.2, 0.25) is 0 Å². The molecule has 0 aliphatic heterocycles. The zero-order valence-electron chi connectivity index (χ0n) is 58.1. The van der Waals surface area contributed by atoms with Gasteiger partial charge >= 0.3 is 39.5 Å². The van der Waals surface area contributed by atoms with Crippen LogP contribution in [0.25, 0.3) is 0 Å². The number of phosphoric ester groups is 2. The second-order valence-electron chi connectivity index (χ2n) is 27.2. The number of unbranched alkanes of at least 4 members (excludes halogenated alkanes) is 33. The summed E-state index contributed by atoms with van der Waals surface area (Å²) in [5.74, 6) is 0.809. The highest BCUT2D eigenvalue weighted by atomic mass is 31.2. The molecule has 0 fully saturated rings. The van der Waals surface area contributed by atoms with Crippen LogP contribution in [0.5, 0.6) is 0 Å². The molecular weight excluding hydrogens is 1170 g/mol. The van der Waals surface area contributed by atoms with Crippen molar-refractivity contribution in [3.8, 4) is 0 Å². The van der Waals surface area contributed by atoms with Crippen LogP contribution in [0.15, 0.2) is 0 Å². The summed E-state index contributed by atoms with van der Waals surface area (Å²) in [7, 11) is -9.90. The number of ether oxygens (including phenoxy) is 4. The van der Waals surface area contributed by atoms with E-state index in [0.29, 0.717) is 31.6 Å². The maximum absolute atomic E-state index is 13.0. The maximum atomic E-state index is 13.0. The maximum Gasteiger partial charge on any atom is 0.472 e. The Kier molecular flexibility index (Phi) is 58.5. The fraction of sp³-hybridized carbons (Fsp3) is 0.943. The SMILES string of the molecule is CC(C)CCCCCCCCCCCCCCC(=O)OC[C@H](COP(=O)(O)OCC(O)COP(=O)(O)OC[C@@H](COC(=O)CCCCCCCCCCC(C)C)OC(=O)CCCCCCCCCCCCCC(C)C)OC(=O)CCCCCCCCC(C)C. The zero-order chi connectivity index (χ0) is 66.1. The molecule has 0 aliphatic carbocycles. The van der Waals surface area contributed by atoms with Crippen molar-refractivity contribution in [2.24, 2.45) is 23.7 Å². The minimum atomic E-state index is -4.95. The van der Waals surface area contributed by atoms with Gasteiger partial charge in [0.15, 0.2) is 12.2 Å². The number of aliphatic hydroxyl groups is 1. The van der Waals surface area contributed by atoms with E-state index in [1.165, 1.54) is 148 Å². The Morgan fingerprint density at radius 1 is 0.281 bits per heavy atom. The molecule has 0 aromatic carbocycles. The lowest BCUT2D eigenvalue weighted by Crippen LogP contribution is -2.30. The van der Waals surface area contributed by atoms with Crippen LogP contribution < -0.4 is 0 Å². The van der Waals surface area contributed by atoms with Crippen molar-refractivity contribution < 1.29 is 80.2 Å². The first-order valence-corrected chi connectivity index (χ1v) is 39.2. The summed E-state index contributed by atoms with van der Waals surface area (Å²) in [6.07, 6.45) is 41.9. The van der Waals surface area contributed by atoms with Gasteiger partial charge in [-0.25, -0.2) is 9.13 Å². The van der Waals surface area contributed by atoms with Crippen LogP contribution in [0.4, 0.5) is 0 Å². The molecule has 0 aromatic rings. The molecule has 0 bridgehead atoms. The van der Waals surface area contributed by atoms with E-state index in [2.05, 4.69) is 55.4 Å². The van der Waals surface area contributed by atoms with Gasteiger partial charge in [-0.15, -0.1) is 0 Å². The summed E-state index contributed by atoms with van der Waals surface area (Å²) in [4.78, 5) is 72.5. The summed E-state index contributed by atoms with van der Waals surface area (Å²) in [6.45, 7) is 14.0. The van der Waals surface area contributed by atoms with Crippen LogP contribution in [-0.4, -0.2) is 96.7 Å². The van der Waals surface area contributed by atoms with E-state index >= 15 is 0 Å². The number of hydrogen-bond acceptors (Lipinski definition) is 15. The first-order chi connectivity index (χ1) is 42.6. The lowest BCUT2D eigenvalue weighted by atomic mass is 10.0. The highest BCUT2D eigenvalue weighted by Crippen LogP contribution is 2.45. The molecule has 0 saturated carbocycles. The van der Waals surface area contributed by atoms with E-state index < -0.39 is 97.5 Å². The monoisotopic (exact) mass is 1310 g/mol. The fourth-order valence-corrected chi connectivity index (χ4v) is 12.1. The van der Waals surface area contributed by atoms with Crippen molar-refractivity contribution in [3.05, 3.63) is 0 Å². The third-order valence-corrected chi connectivity index (χ3v) is 18.0. The molecule has 0 rings (SSSR count). The Bertz CT molecular complexity index is 1760. The summed E-state index contributed by atoms with van der Waals surface area (Å²) in [5.41, 5.74) is 0. The molecule has 0 amide bonds. The lowest BCUT2D eigenvalue weighted by molar-refractivity contribution is -0.161. The summed E-state index contributed by atoms with van der Waals surface area (Å²) in [6, 6.07) is 0. The van der Waals surface area contributed by atoms with Crippen molar-refractivity contribution in [2.45, 2.75) is 363 Å². The van der Waals surface area contributed by atoms with E-state index in [0.717, 1.165) is 108 Å². The molecule has 0 spiro atoms. The molecular formula is C70H136O17P2. The zero-order valence-corrected chi connectivity index (χ0v) is 59.8. The van der Waals surface area contributed by atoms with Crippen molar-refractivity contribution in [2.75, 3.05) is 39.6 Å². The first kappa shape index (κ1) is 87.1. The van der Waals surface area contributed by atoms with Crippen LogP contribution in [-0.2, 0) is 65.4 Å². The topological polar surface area (TPSA) is 237 Å². The third kappa shape index (κ3) is 64.6. The predicted molar refractivity (Wildman–Crippen MR) is 358 cm³/mol. The van der Waals surface area contributed by atoms with Gasteiger partial charge in [-0.1, -0.05) is 293 Å². The Morgan fingerprint density at radius 2 is 0.472 bits per heavy atom. The summed E-state index contributed by atoms with van der Waals surface area (Å²) < 4.78 is 68.2. The van der Waals surface area contributed by atoms with Gasteiger partial charge in [-0.2, -0.15) is 0 Å². The largest absolute Gasteiger partial charge is 0.472 e. The normalized spacial score (nSPS) is 14.3. The van der Waals surface area contributed by atoms with E-state index in [9.17, 15) is 43.2 Å². The number of phosphoric acid groups is 2. The van der Waals surface area contributed by atoms with Gasteiger partial charge in [0.2, 0.25) is 0 Å². The molecule has 17 nitrogen and oxygen atoms in total. The average molecular weight is 1310 g/mol. The van der Waals surface area contributed by atoms with Gasteiger partial charge in [0.05, 0.1) is 26.4 Å². The summed E-state index contributed by atoms with van der Waals surface area (Å²) >= 11 is 0. The summed E-state index contributed by atoms with van der Waals surface area (Å²) in [5, 5.41) is 10.6. The molecule has 0 radical (unpaired) electrons. The highest BCUT2D eigenvalue weighted by molar-refractivity contribution is 7.47. The minimum Gasteiger partial charge on any atom is -0.462 e. The smallest absolute Gasteiger partial charge is 0.462 e. The van der Waals surface area contributed by atoms with Gasteiger partial charge in [-0.05, 0) is 49.4 Å². The Labute approximate surface area is 543 Å². The number of hydrogen-bond donors (Lipinski definition) is 3. The minimum absolute atomic E-state index is 0.102. The van der Waals surface area contributed by atoms with E-state index in [1.807, 2.05) is 0 Å². The van der Waals surface area contributed by atoms with Crippen molar-refractivity contribution in [1.82, 2.24) is 0 Å². The number of aliphatic hydroxyl groups excluding tert-OH is 1. The molecule has 19 heteroatoms. The number of rotatable bonds is 67.